The molecule has 644 valence electrons. The molecule has 5 aliphatic rings. The van der Waals surface area contributed by atoms with E-state index in [-0.39, 0.29) is 59.2 Å². The molecule has 10 aromatic heterocycles. The number of fused-ring (bicyclic) bond motifs is 4. The molecule has 5 amide bonds. The van der Waals surface area contributed by atoms with E-state index in [9.17, 15) is 43.5 Å². The molecule has 0 spiro atoms. The van der Waals surface area contributed by atoms with Gasteiger partial charge in [-0.1, -0.05) is 30.4 Å². The molecule has 34 heteroatoms. The number of H-pyrrole nitrogens is 3. The van der Waals surface area contributed by atoms with Crippen LogP contribution in [0.3, 0.4) is 0 Å². The molecule has 0 unspecified atom stereocenters. The lowest BCUT2D eigenvalue weighted by Crippen LogP contribution is -2.47. The number of carboxylic acids is 2. The number of aromatic carboxylic acids is 2. The number of alkyl halides is 1. The fourth-order valence-electron chi connectivity index (χ4n) is 14.6. The Bertz CT molecular complexity index is 6630. The summed E-state index contributed by atoms with van der Waals surface area (Å²) in [6, 6.07) is 38.0. The van der Waals surface area contributed by atoms with E-state index in [0.29, 0.717) is 98.5 Å². The molecule has 15 heterocycles. The summed E-state index contributed by atoms with van der Waals surface area (Å²) in [7, 11) is 3.58. The van der Waals surface area contributed by atoms with Crippen LogP contribution in [0.4, 0.5) is 22.7 Å². The van der Waals surface area contributed by atoms with Gasteiger partial charge in [0.1, 0.15) is 20.0 Å². The van der Waals surface area contributed by atoms with E-state index in [1.54, 1.807) is 124 Å². The van der Waals surface area contributed by atoms with Crippen LogP contribution >= 0.6 is 70.2 Å². The van der Waals surface area contributed by atoms with Crippen LogP contribution in [0, 0.1) is 41.5 Å². The molecule has 4 aromatic carbocycles. The third-order valence-corrected chi connectivity index (χ3v) is 24.3. The molecular weight excluding hydrogens is 1730 g/mol. The number of nitrogens with two attached hydrogens (primary N) is 1. The number of aromatic nitrogens is 10. The number of benzene rings is 4. The van der Waals surface area contributed by atoms with Gasteiger partial charge in [-0.3, -0.25) is 48.7 Å². The van der Waals surface area contributed by atoms with Crippen molar-refractivity contribution >= 4 is 169 Å². The number of thiazole rings is 3. The first kappa shape index (κ1) is 90.6. The number of likely N-dealkylation sites (N-methyl/N-ethyl adjacent to an activating group) is 1. The minimum atomic E-state index is -0.993. The fraction of sp³-hybridized carbons (Fsp3) is 0.161. The lowest BCUT2D eigenvalue weighted by Gasteiger charge is -2.32. The number of rotatable bonds is 15. The fourth-order valence-corrected chi connectivity index (χ4v) is 17.4. The lowest BCUT2D eigenvalue weighted by molar-refractivity contribution is -0.115. The van der Waals surface area contributed by atoms with Crippen molar-refractivity contribution < 1.29 is 53.3 Å². The molecule has 14 aromatic rings. The molecule has 1 fully saturated rings. The summed E-state index contributed by atoms with van der Waals surface area (Å²) >= 11 is 14.8. The van der Waals surface area contributed by atoms with Crippen molar-refractivity contribution in [2.75, 3.05) is 67.5 Å². The van der Waals surface area contributed by atoms with E-state index < -0.39 is 11.9 Å². The smallest absolute Gasteiger partial charge is 0.337 e. The number of nitrogens with zero attached hydrogens (tertiary/aromatic N) is 9. The summed E-state index contributed by atoms with van der Waals surface area (Å²) in [5.74, 6) is -1.87. The van der Waals surface area contributed by atoms with Crippen LogP contribution in [-0.4, -0.2) is 168 Å². The molecule has 28 nitrogen and oxygen atoms in total. The highest BCUT2D eigenvalue weighted by atomic mass is 35.5. The van der Waals surface area contributed by atoms with Crippen LogP contribution < -0.4 is 31.7 Å². The first-order valence-corrected chi connectivity index (χ1v) is 42.9. The number of carboxylic acid groups (broad SMARTS) is 2. The van der Waals surface area contributed by atoms with Gasteiger partial charge < -0.3 is 66.7 Å². The van der Waals surface area contributed by atoms with Gasteiger partial charge in [0, 0.05) is 204 Å². The van der Waals surface area contributed by atoms with Gasteiger partial charge >= 0.3 is 11.9 Å². The number of hydrogen-bond acceptors (Lipinski definition) is 21. The highest BCUT2D eigenvalue weighted by Gasteiger charge is 2.31. The maximum atomic E-state index is 13.3. The van der Waals surface area contributed by atoms with E-state index in [4.69, 9.17) is 49.4 Å². The van der Waals surface area contributed by atoms with Crippen LogP contribution in [0.25, 0.3) is 88.8 Å². The van der Waals surface area contributed by atoms with Crippen LogP contribution in [0.5, 0.6) is 5.88 Å². The molecule has 19 rings (SSSR count). The molecule has 0 saturated carbocycles. The first-order chi connectivity index (χ1) is 60.7. The Morgan fingerprint density at radius 2 is 0.913 bits per heavy atom. The quantitative estimate of drug-likeness (QED) is 0.0197. The van der Waals surface area contributed by atoms with Gasteiger partial charge in [0.25, 0.3) is 17.7 Å². The van der Waals surface area contributed by atoms with Gasteiger partial charge in [0.2, 0.25) is 11.8 Å². The van der Waals surface area contributed by atoms with Gasteiger partial charge in [-0.25, -0.2) is 24.5 Å². The molecule has 127 heavy (non-hydrogen) atoms. The van der Waals surface area contributed by atoms with E-state index in [2.05, 4.69) is 73.1 Å². The van der Waals surface area contributed by atoms with Gasteiger partial charge in [0.15, 0.2) is 11.7 Å². The first-order valence-electron chi connectivity index (χ1n) is 39.3. The number of carbonyl (C=O) groups is 8. The largest absolute Gasteiger partial charge is 0.482 e. The van der Waals surface area contributed by atoms with Crippen LogP contribution in [0.15, 0.2) is 187 Å². The van der Waals surface area contributed by atoms with Crippen molar-refractivity contribution in [3.63, 3.8) is 0 Å². The molecule has 1 saturated heterocycles. The Balaban J connectivity index is 0.000000139. The molecule has 0 aliphatic carbocycles. The molecule has 11 N–H and O–H groups in total. The maximum Gasteiger partial charge on any atom is 0.337 e. The predicted octanol–water partition coefficient (Wildman–Crippen LogP) is 17.2. The SMILES string of the molecule is COc1[nH]c(C)c(C(=O)O)c1C.Cc1[nH]c(/C=C2\C(=O)Nc3ccc(-c4csc(-c5cccnc5)n4)cc32)c(C)c1C(=O)N1CCN(C)CC1.Cc1[nH]c(/C=C2\C(=O)Nc3ccc(-c4csc(-c5cccnc5)n4)cc32)c(C)c1C(=O)O.Cl.NC(=S)c1cccnc1.O=C1Cc2cc(-c3csc(-c4cccnc4)n3)ccc2N1.O=C1Cc2cc(C(=O)CCl)ccc2N1. The average molecular weight is 1810 g/mol. The highest BCUT2D eigenvalue weighted by Crippen LogP contribution is 2.42. The number of halogens is 2. The minimum absolute atomic E-state index is 0. The van der Waals surface area contributed by atoms with Crippen molar-refractivity contribution in [1.29, 1.82) is 0 Å². The van der Waals surface area contributed by atoms with E-state index in [1.165, 1.54) is 18.4 Å². The molecular formula is C93H83Cl2N17O11S4. The molecule has 5 aliphatic heterocycles. The molecule has 0 bridgehead atoms. The number of methoxy groups -OCH3 is 1. The number of thiocarbonyl (C=S) groups is 1. The zero-order valence-electron chi connectivity index (χ0n) is 69.6. The average Bonchev–Trinajstić information content (AvgIpc) is 1.63. The number of amides is 5. The third kappa shape index (κ3) is 20.8. The number of nitrogens with one attached hydrogen (secondary N) is 7. The molecule has 0 radical (unpaired) electrons. The Morgan fingerprint density at radius 1 is 0.504 bits per heavy atom. The normalized spacial score (nSPS) is 13.7. The number of piperazine rings is 1. The van der Waals surface area contributed by atoms with Crippen molar-refractivity contribution in [3.05, 3.63) is 282 Å². The van der Waals surface area contributed by atoms with E-state index >= 15 is 0 Å². The Morgan fingerprint density at radius 3 is 1.31 bits per heavy atom. The van der Waals surface area contributed by atoms with E-state index in [0.717, 1.165) is 140 Å². The summed E-state index contributed by atoms with van der Waals surface area (Å²) in [5.41, 5.74) is 29.5. The number of hydrogen-bond donors (Lipinski definition) is 10. The van der Waals surface area contributed by atoms with Gasteiger partial charge in [-0.05, 0) is 186 Å². The summed E-state index contributed by atoms with van der Waals surface area (Å²) in [6.45, 7) is 13.9. The molecule has 0 atom stereocenters. The Hall–Kier alpha value is -14.1. The second kappa shape index (κ2) is 40.2. The standard InChI is InChI=1S/C29H28N6O2S.C24H18N4O3S.C16H11N3OS.C10H8ClNO2.C8H11NO3.C6H6N2S.ClH/c1-17-24(31-18(2)26(17)29(37)35-11-9-34(3)10-12-35)14-22-21-13-19(6-7-23(21)32-27(22)36)25-16-38-28(33-25)20-5-4-8-30-15-20;1-12-19(26-13(2)21(12)24(30)31)9-17-16-8-14(5-6-18(16)27-22(17)29)20-11-32-23(28-20)15-4-3-7-25-10-15;20-15-7-12-6-10(3-4-13(12)18-15)14-9-21-16(19-14)11-2-1-5-17-8-11;11-5-9(13)6-1-2-8-7(3-6)4-10(14)12-8;1-4-6(8(10)11)5(2)9-7(4)12-3;7-6(9)5-2-1-3-8-4-5;/h4-8,13-16,31H,9-12H2,1-3H3,(H,32,36);3-11,26H,1-2H3,(H,27,29)(H,30,31);1-6,8-9H,7H2,(H,18,20);1-3H,4-5H2,(H,12,14);9H,1-3H3,(H,10,11);1-4H,(H2,7,9);1H/b22-14-;17-9-;;;;;. The number of Topliss-reactive ketones (excluding diaryl/α,β-unsaturated/α-hetero) is 1. The van der Waals surface area contributed by atoms with Gasteiger partial charge in [0.05, 0.1) is 70.7 Å². The monoisotopic (exact) mass is 1810 g/mol. The van der Waals surface area contributed by atoms with Crippen LogP contribution in [-0.2, 0) is 32.0 Å². The highest BCUT2D eigenvalue weighted by molar-refractivity contribution is 7.80. The van der Waals surface area contributed by atoms with Crippen LogP contribution in [0.2, 0.25) is 0 Å². The van der Waals surface area contributed by atoms with Crippen molar-refractivity contribution in [2.45, 2.75) is 54.4 Å². The number of ether oxygens (including phenoxy) is 1. The second-order valence-electron chi connectivity index (χ2n) is 29.6. The third-order valence-electron chi connectivity index (χ3n) is 21.1. The Kier molecular flexibility index (Phi) is 28.7. The topological polar surface area (TPSA) is 404 Å². The lowest BCUT2D eigenvalue weighted by atomic mass is 10.0. The Labute approximate surface area is 757 Å². The van der Waals surface area contributed by atoms with Crippen molar-refractivity contribution in [3.8, 4) is 71.4 Å². The van der Waals surface area contributed by atoms with Gasteiger partial charge in [-0.2, -0.15) is 0 Å². The minimum Gasteiger partial charge on any atom is -0.482 e. The number of pyridine rings is 4. The maximum absolute atomic E-state index is 13.3. The zero-order chi connectivity index (χ0) is 89.1. The number of anilines is 4. The second-order valence-corrected chi connectivity index (χ2v) is 32.8. The van der Waals surface area contributed by atoms with Crippen molar-refractivity contribution in [1.82, 2.24) is 59.6 Å². The zero-order valence-corrected chi connectivity index (χ0v) is 74.4. The summed E-state index contributed by atoms with van der Waals surface area (Å²) in [5, 5.41) is 38.4. The van der Waals surface area contributed by atoms with Crippen molar-refractivity contribution in [2.24, 2.45) is 5.73 Å². The summed E-state index contributed by atoms with van der Waals surface area (Å²) in [6.07, 6.45) is 18.3. The van der Waals surface area contributed by atoms with Crippen LogP contribution in [0.1, 0.15) is 114 Å². The number of carbonyl (C=O) groups excluding carboxylic acids is 6. The van der Waals surface area contributed by atoms with Gasteiger partial charge in [-0.15, -0.1) is 58.0 Å². The number of aromatic amines is 3. The van der Waals surface area contributed by atoms with E-state index in [1.807, 2.05) is 144 Å². The predicted molar refractivity (Wildman–Crippen MR) is 504 cm³/mol. The number of aryl methyl sites for hydroxylation is 3. The number of ketones is 1. The summed E-state index contributed by atoms with van der Waals surface area (Å²) in [4.78, 5) is 139. The summed E-state index contributed by atoms with van der Waals surface area (Å²) < 4.78 is 4.94.